The Hall–Kier alpha value is -3.33. The van der Waals surface area contributed by atoms with Gasteiger partial charge in [-0.1, -0.05) is 136 Å². The summed E-state index contributed by atoms with van der Waals surface area (Å²) in [5, 5.41) is 9.96. The molecule has 2 atom stereocenters. The highest BCUT2D eigenvalue weighted by Gasteiger charge is 2.22. The lowest BCUT2D eigenvalue weighted by atomic mass is 10.1. The molecule has 0 bridgehead atoms. The monoisotopic (exact) mass is 758 g/mol. The molecule has 298 valence electrons. The number of phosphoric acid groups is 1. The van der Waals surface area contributed by atoms with Gasteiger partial charge in [0.2, 0.25) is 0 Å². The average Bonchev–Trinajstić information content (AvgIpc) is 3.12. The molecule has 0 aliphatic carbocycles. The topological polar surface area (TPSA) is 140 Å². The van der Waals surface area contributed by atoms with Gasteiger partial charge in [0.1, 0.15) is 6.61 Å². The molecule has 0 aromatic heterocycles. The maximum atomic E-state index is 12.4. The van der Waals surface area contributed by atoms with Crippen molar-refractivity contribution in [2.24, 2.45) is 0 Å². The number of esters is 2. The van der Waals surface area contributed by atoms with Crippen LogP contribution in [0.25, 0.3) is 0 Å². The molecular weight excluding hydrogens is 691 g/mol. The van der Waals surface area contributed by atoms with Crippen molar-refractivity contribution in [1.29, 1.82) is 0 Å². The summed E-state index contributed by atoms with van der Waals surface area (Å²) in [6, 6.07) is 0. The minimum Gasteiger partial charge on any atom is -0.462 e. The van der Waals surface area contributed by atoms with E-state index in [0.717, 1.165) is 51.4 Å². The lowest BCUT2D eigenvalue weighted by Crippen LogP contribution is -2.29. The number of phosphoric ester groups is 1. The number of allylic oxidation sites excluding steroid dienone is 16. The van der Waals surface area contributed by atoms with Crippen LogP contribution >= 0.6 is 7.82 Å². The first kappa shape index (κ1) is 49.7. The zero-order chi connectivity index (χ0) is 39.1. The number of hydrogen-bond donors (Lipinski definition) is 3. The maximum absolute atomic E-state index is 12.4. The second-order valence-corrected chi connectivity index (χ2v) is 13.6. The van der Waals surface area contributed by atoms with Crippen molar-refractivity contribution in [3.8, 4) is 0 Å². The van der Waals surface area contributed by atoms with E-state index in [9.17, 15) is 19.3 Å². The van der Waals surface area contributed by atoms with Crippen molar-refractivity contribution < 1.29 is 43.0 Å². The largest absolute Gasteiger partial charge is 0.469 e. The molecule has 0 spiro atoms. The standard InChI is InChI=1S/C43H67O9P/c1-3-5-7-9-11-12-13-14-15-16-17-22-25-29-33-37-43(46)52-41(39-51-53(47,48)49)38-50-42(45)36-32-28-24-21-19-18-20-23-27-31-35-40(44)34-30-26-10-8-6-4-2/h6,8,11-12,14-15,17-19,22-24,26-28,30-31,35,40-41,44H,3-5,7,9-10,13,16,20-21,25,29,32-34,36-39H2,1-2H3,(H2,47,48,49)/b8-6-,12-11-,15-14-,19-18-,22-17-,27-23-,28-24-,30-26-,35-31+/t40?,41-/m1/s1. The quantitative estimate of drug-likeness (QED) is 0.0196. The fraction of sp³-hybridized carbons (Fsp3) is 0.535. The van der Waals surface area contributed by atoms with Crippen LogP contribution in [0.15, 0.2) is 109 Å². The summed E-state index contributed by atoms with van der Waals surface area (Å²) in [7, 11) is -4.80. The van der Waals surface area contributed by atoms with Crippen LogP contribution in [0.4, 0.5) is 0 Å². The van der Waals surface area contributed by atoms with Gasteiger partial charge in [-0.2, -0.15) is 0 Å². The van der Waals surface area contributed by atoms with Gasteiger partial charge in [0.25, 0.3) is 0 Å². The Morgan fingerprint density at radius 1 is 0.604 bits per heavy atom. The van der Waals surface area contributed by atoms with Crippen LogP contribution in [-0.2, 0) is 28.2 Å². The lowest BCUT2D eigenvalue weighted by Gasteiger charge is -2.18. The van der Waals surface area contributed by atoms with E-state index in [1.54, 1.807) is 6.08 Å². The molecular formula is C43H67O9P. The Balaban J connectivity index is 4.25. The van der Waals surface area contributed by atoms with Crippen molar-refractivity contribution in [3.05, 3.63) is 109 Å². The minimum absolute atomic E-state index is 0.104. The Morgan fingerprint density at radius 3 is 1.75 bits per heavy atom. The summed E-state index contributed by atoms with van der Waals surface area (Å²) in [6.45, 7) is 3.35. The molecule has 0 saturated heterocycles. The maximum Gasteiger partial charge on any atom is 0.469 e. The second kappa shape index (κ2) is 37.0. The van der Waals surface area contributed by atoms with E-state index < -0.39 is 38.6 Å². The van der Waals surface area contributed by atoms with E-state index in [4.69, 9.17) is 19.3 Å². The molecule has 53 heavy (non-hydrogen) atoms. The summed E-state index contributed by atoms with van der Waals surface area (Å²) in [6.07, 6.45) is 48.5. The number of hydrogen-bond acceptors (Lipinski definition) is 7. The Labute approximate surface area is 319 Å². The number of aliphatic hydroxyl groups excluding tert-OH is 1. The highest BCUT2D eigenvalue weighted by molar-refractivity contribution is 7.46. The molecule has 0 saturated carbocycles. The van der Waals surface area contributed by atoms with Gasteiger partial charge in [0, 0.05) is 12.8 Å². The Bertz CT molecular complexity index is 1230. The Morgan fingerprint density at radius 2 is 1.15 bits per heavy atom. The molecule has 0 aliphatic heterocycles. The number of unbranched alkanes of at least 4 members (excludes halogenated alkanes) is 5. The molecule has 1 unspecified atom stereocenters. The molecule has 9 nitrogen and oxygen atoms in total. The third-order valence-corrected chi connectivity index (χ3v) is 7.85. The van der Waals surface area contributed by atoms with Crippen LogP contribution in [0, 0.1) is 0 Å². The number of carbonyl (C=O) groups is 2. The highest BCUT2D eigenvalue weighted by atomic mass is 31.2. The number of rotatable bonds is 33. The number of ether oxygens (including phenoxy) is 2. The van der Waals surface area contributed by atoms with Crippen LogP contribution in [0.5, 0.6) is 0 Å². The summed E-state index contributed by atoms with van der Waals surface area (Å²) in [5.74, 6) is -1.07. The van der Waals surface area contributed by atoms with Gasteiger partial charge in [-0.25, -0.2) is 4.57 Å². The fourth-order valence-corrected chi connectivity index (χ4v) is 4.85. The van der Waals surface area contributed by atoms with Gasteiger partial charge < -0.3 is 24.4 Å². The van der Waals surface area contributed by atoms with Crippen LogP contribution in [0.3, 0.4) is 0 Å². The smallest absolute Gasteiger partial charge is 0.462 e. The first-order chi connectivity index (χ1) is 25.7. The van der Waals surface area contributed by atoms with E-state index in [1.165, 1.54) is 19.3 Å². The predicted octanol–water partition coefficient (Wildman–Crippen LogP) is 10.6. The first-order valence-corrected chi connectivity index (χ1v) is 20.8. The molecule has 10 heteroatoms. The summed E-state index contributed by atoms with van der Waals surface area (Å²) < 4.78 is 26.2. The minimum atomic E-state index is -4.80. The average molecular weight is 759 g/mol. The molecule has 0 radical (unpaired) electrons. The lowest BCUT2D eigenvalue weighted by molar-refractivity contribution is -0.161. The zero-order valence-electron chi connectivity index (χ0n) is 32.2. The second-order valence-electron chi connectivity index (χ2n) is 12.4. The third-order valence-electron chi connectivity index (χ3n) is 7.37. The van der Waals surface area contributed by atoms with Crippen molar-refractivity contribution >= 4 is 19.8 Å². The molecule has 0 aromatic carbocycles. The van der Waals surface area contributed by atoms with Crippen LogP contribution in [-0.4, -0.2) is 52.3 Å². The Kier molecular flexibility index (Phi) is 34.7. The number of aliphatic hydroxyl groups is 1. The van der Waals surface area contributed by atoms with Gasteiger partial charge in [0.05, 0.1) is 12.7 Å². The highest BCUT2D eigenvalue weighted by Crippen LogP contribution is 2.35. The molecule has 3 N–H and O–H groups in total. The van der Waals surface area contributed by atoms with E-state index in [2.05, 4.69) is 73.1 Å². The van der Waals surface area contributed by atoms with Crippen LogP contribution in [0.2, 0.25) is 0 Å². The van der Waals surface area contributed by atoms with Gasteiger partial charge in [-0.05, 0) is 83.5 Å². The molecule has 0 aliphatic rings. The van der Waals surface area contributed by atoms with Gasteiger partial charge in [-0.15, -0.1) is 0 Å². The molecule has 0 fully saturated rings. The van der Waals surface area contributed by atoms with Crippen molar-refractivity contribution in [3.63, 3.8) is 0 Å². The molecule has 0 heterocycles. The van der Waals surface area contributed by atoms with Crippen LogP contribution in [0.1, 0.15) is 123 Å². The van der Waals surface area contributed by atoms with E-state index >= 15 is 0 Å². The van der Waals surface area contributed by atoms with E-state index in [0.29, 0.717) is 25.7 Å². The third kappa shape index (κ3) is 39.7. The summed E-state index contributed by atoms with van der Waals surface area (Å²) >= 11 is 0. The van der Waals surface area contributed by atoms with Gasteiger partial charge >= 0.3 is 19.8 Å². The SMILES string of the molecule is CC/C=C\C/C=C\CC(O)/C=C/C=C\C/C=C\C/C=C\CCC(=O)OC[C@H](COP(=O)(O)O)OC(=O)CCCC/C=C\C/C=C\C/C=C\CCCCC. The van der Waals surface area contributed by atoms with E-state index in [-0.39, 0.29) is 19.4 Å². The summed E-state index contributed by atoms with van der Waals surface area (Å²) in [4.78, 5) is 42.7. The van der Waals surface area contributed by atoms with Crippen molar-refractivity contribution in [2.75, 3.05) is 13.2 Å². The molecule has 0 rings (SSSR count). The van der Waals surface area contributed by atoms with Crippen molar-refractivity contribution in [1.82, 2.24) is 0 Å². The zero-order valence-corrected chi connectivity index (χ0v) is 33.1. The summed E-state index contributed by atoms with van der Waals surface area (Å²) in [5.41, 5.74) is 0. The predicted molar refractivity (Wildman–Crippen MR) is 217 cm³/mol. The fourth-order valence-electron chi connectivity index (χ4n) is 4.49. The van der Waals surface area contributed by atoms with Crippen LogP contribution < -0.4 is 0 Å². The van der Waals surface area contributed by atoms with Crippen molar-refractivity contribution in [2.45, 2.75) is 135 Å². The first-order valence-electron chi connectivity index (χ1n) is 19.3. The number of carbonyl (C=O) groups excluding carboxylic acids is 2. The molecule has 0 aromatic rings. The molecule has 0 amide bonds. The normalized spacial score (nSPS) is 14.3. The van der Waals surface area contributed by atoms with Gasteiger partial charge in [-0.3, -0.25) is 14.1 Å². The van der Waals surface area contributed by atoms with Gasteiger partial charge in [0.15, 0.2) is 6.10 Å². The van der Waals surface area contributed by atoms with E-state index in [1.807, 2.05) is 48.6 Å².